The molecule has 0 heterocycles. The molecule has 0 spiro atoms. The van der Waals surface area contributed by atoms with Crippen LogP contribution in [0.25, 0.3) is 0 Å². The Bertz CT molecular complexity index is 211. The van der Waals surface area contributed by atoms with Gasteiger partial charge in [0.2, 0.25) is 0 Å². The van der Waals surface area contributed by atoms with Crippen LogP contribution in [0, 0.1) is 23.7 Å². The van der Waals surface area contributed by atoms with Crippen LogP contribution in [-0.2, 0) is 0 Å². The van der Waals surface area contributed by atoms with E-state index in [4.69, 9.17) is 0 Å². The van der Waals surface area contributed by atoms with Gasteiger partial charge in [0.25, 0.3) is 0 Å². The molecule has 1 saturated carbocycles. The Kier molecular flexibility index (Phi) is 6.52. The molecule has 1 nitrogen and oxygen atoms in total. The monoisotopic (exact) mass is 207 g/mol. The van der Waals surface area contributed by atoms with Crippen LogP contribution < -0.4 is 5.32 Å². The molecule has 0 amide bonds. The summed E-state index contributed by atoms with van der Waals surface area (Å²) in [6.45, 7) is 3.14. The highest BCUT2D eigenvalue weighted by Crippen LogP contribution is 2.31. The van der Waals surface area contributed by atoms with E-state index in [-0.39, 0.29) is 0 Å². The van der Waals surface area contributed by atoms with Crippen LogP contribution in [-0.4, -0.2) is 13.6 Å². The van der Waals surface area contributed by atoms with Crippen LogP contribution in [0.5, 0.6) is 0 Å². The second kappa shape index (κ2) is 7.77. The van der Waals surface area contributed by atoms with Crippen LogP contribution in [0.15, 0.2) is 0 Å². The number of hydrogen-bond donors (Lipinski definition) is 1. The largest absolute Gasteiger partial charge is 0.319 e. The Balaban J connectivity index is 2.41. The average Bonchev–Trinajstić information content (AvgIpc) is 2.45. The molecular weight excluding hydrogens is 182 g/mol. The van der Waals surface area contributed by atoms with Gasteiger partial charge >= 0.3 is 0 Å². The summed E-state index contributed by atoms with van der Waals surface area (Å²) in [5.41, 5.74) is 0. The van der Waals surface area contributed by atoms with Gasteiger partial charge in [0.15, 0.2) is 0 Å². The maximum absolute atomic E-state index is 3.35. The van der Waals surface area contributed by atoms with E-state index in [2.05, 4.69) is 24.2 Å². The third-order valence-electron chi connectivity index (χ3n) is 3.60. The van der Waals surface area contributed by atoms with Gasteiger partial charge in [-0.1, -0.05) is 25.7 Å². The number of nitrogens with one attached hydrogen (secondary N) is 1. The fraction of sp³-hybridized carbons (Fsp3) is 0.857. The van der Waals surface area contributed by atoms with E-state index >= 15 is 0 Å². The lowest BCUT2D eigenvalue weighted by atomic mass is 9.84. The lowest BCUT2D eigenvalue weighted by Gasteiger charge is -2.24. The van der Waals surface area contributed by atoms with Crippen molar-refractivity contribution in [1.29, 1.82) is 0 Å². The molecule has 0 bridgehead atoms. The van der Waals surface area contributed by atoms with Crippen LogP contribution in [0.1, 0.15) is 51.9 Å². The van der Waals surface area contributed by atoms with Crippen LogP contribution in [0.2, 0.25) is 0 Å². The van der Waals surface area contributed by atoms with E-state index in [1.54, 1.807) is 0 Å². The molecule has 15 heavy (non-hydrogen) atoms. The minimum absolute atomic E-state index is 0.899. The van der Waals surface area contributed by atoms with Gasteiger partial charge in [0.1, 0.15) is 0 Å². The van der Waals surface area contributed by atoms with Gasteiger partial charge in [0, 0.05) is 6.42 Å². The van der Waals surface area contributed by atoms with Crippen LogP contribution >= 0.6 is 0 Å². The van der Waals surface area contributed by atoms with E-state index in [1.165, 1.54) is 45.1 Å². The molecule has 0 aliphatic heterocycles. The van der Waals surface area contributed by atoms with Crippen molar-refractivity contribution in [3.63, 3.8) is 0 Å². The second-order valence-electron chi connectivity index (χ2n) is 4.68. The molecule has 1 fully saturated rings. The normalized spacial score (nSPS) is 26.5. The van der Waals surface area contributed by atoms with Gasteiger partial charge in [-0.15, -0.1) is 11.8 Å². The average molecular weight is 207 g/mol. The predicted octanol–water partition coefficient (Wildman–Crippen LogP) is 3.21. The minimum atomic E-state index is 0.899. The molecule has 0 aromatic heterocycles. The Hall–Kier alpha value is -0.480. The Labute approximate surface area is 95.0 Å². The summed E-state index contributed by atoms with van der Waals surface area (Å²) in [7, 11) is 2.08. The molecule has 2 unspecified atom stereocenters. The topological polar surface area (TPSA) is 12.0 Å². The van der Waals surface area contributed by atoms with Crippen molar-refractivity contribution in [3.8, 4) is 11.8 Å². The number of hydrogen-bond acceptors (Lipinski definition) is 1. The van der Waals surface area contributed by atoms with Gasteiger partial charge in [-0.3, -0.25) is 0 Å². The summed E-state index contributed by atoms with van der Waals surface area (Å²) in [4.78, 5) is 0. The van der Waals surface area contributed by atoms with Crippen molar-refractivity contribution >= 4 is 0 Å². The first-order valence-electron chi connectivity index (χ1n) is 6.42. The standard InChI is InChI=1S/C14H25N/c1-3-4-6-9-13-10-7-5-8-11-14(13)12-15-2/h13-15H,5-12H2,1-2H3. The zero-order valence-corrected chi connectivity index (χ0v) is 10.3. The van der Waals surface area contributed by atoms with Crippen molar-refractivity contribution in [3.05, 3.63) is 0 Å². The zero-order valence-electron chi connectivity index (χ0n) is 10.3. The molecule has 0 radical (unpaired) electrons. The summed E-state index contributed by atoms with van der Waals surface area (Å²) in [5, 5.41) is 3.35. The summed E-state index contributed by atoms with van der Waals surface area (Å²) in [6.07, 6.45) is 9.57. The lowest BCUT2D eigenvalue weighted by molar-refractivity contribution is 0.291. The van der Waals surface area contributed by atoms with Crippen molar-refractivity contribution in [2.45, 2.75) is 51.9 Å². The molecule has 1 aliphatic carbocycles. The molecule has 1 heteroatoms. The molecule has 1 rings (SSSR count). The fourth-order valence-corrected chi connectivity index (χ4v) is 2.75. The molecule has 0 saturated heterocycles. The summed E-state index contributed by atoms with van der Waals surface area (Å²) >= 11 is 0. The molecule has 0 aromatic rings. The number of rotatable bonds is 4. The first kappa shape index (κ1) is 12.6. The van der Waals surface area contributed by atoms with Gasteiger partial charge < -0.3 is 5.32 Å². The molecule has 86 valence electrons. The smallest absolute Gasteiger partial charge is 0.00913 e. The van der Waals surface area contributed by atoms with Crippen LogP contribution in [0.4, 0.5) is 0 Å². The van der Waals surface area contributed by atoms with Gasteiger partial charge in [-0.25, -0.2) is 0 Å². The quantitative estimate of drug-likeness (QED) is 0.551. The highest BCUT2D eigenvalue weighted by molar-refractivity contribution is 4.95. The van der Waals surface area contributed by atoms with Crippen LogP contribution in [0.3, 0.4) is 0 Å². The molecule has 2 atom stereocenters. The summed E-state index contributed by atoms with van der Waals surface area (Å²) in [6, 6.07) is 0. The van der Waals surface area contributed by atoms with E-state index in [0.29, 0.717) is 0 Å². The third kappa shape index (κ3) is 4.71. The summed E-state index contributed by atoms with van der Waals surface area (Å²) < 4.78 is 0. The molecular formula is C14H25N. The SMILES string of the molecule is CC#CCCC1CCCCCC1CNC. The van der Waals surface area contributed by atoms with E-state index < -0.39 is 0 Å². The second-order valence-corrected chi connectivity index (χ2v) is 4.68. The highest BCUT2D eigenvalue weighted by Gasteiger charge is 2.22. The van der Waals surface area contributed by atoms with Crippen molar-refractivity contribution in [2.24, 2.45) is 11.8 Å². The molecule has 1 N–H and O–H groups in total. The Morgan fingerprint density at radius 2 is 1.87 bits per heavy atom. The van der Waals surface area contributed by atoms with E-state index in [9.17, 15) is 0 Å². The third-order valence-corrected chi connectivity index (χ3v) is 3.60. The molecule has 0 aromatic carbocycles. The van der Waals surface area contributed by atoms with Gasteiger partial charge in [0.05, 0.1) is 0 Å². The first-order valence-corrected chi connectivity index (χ1v) is 6.42. The minimum Gasteiger partial charge on any atom is -0.319 e. The van der Waals surface area contributed by atoms with Crippen molar-refractivity contribution in [1.82, 2.24) is 5.32 Å². The highest BCUT2D eigenvalue weighted by atomic mass is 14.8. The van der Waals surface area contributed by atoms with Gasteiger partial charge in [-0.2, -0.15) is 0 Å². The van der Waals surface area contributed by atoms with Crippen molar-refractivity contribution < 1.29 is 0 Å². The first-order chi connectivity index (χ1) is 7.38. The fourth-order valence-electron chi connectivity index (χ4n) is 2.75. The van der Waals surface area contributed by atoms with Gasteiger partial charge in [-0.05, 0) is 45.2 Å². The Morgan fingerprint density at radius 1 is 1.13 bits per heavy atom. The maximum atomic E-state index is 3.35. The summed E-state index contributed by atoms with van der Waals surface area (Å²) in [5.74, 6) is 8.03. The molecule has 1 aliphatic rings. The maximum Gasteiger partial charge on any atom is 0.00913 e. The Morgan fingerprint density at radius 3 is 2.53 bits per heavy atom. The van der Waals surface area contributed by atoms with E-state index in [1.807, 2.05) is 6.92 Å². The lowest BCUT2D eigenvalue weighted by Crippen LogP contribution is -2.25. The van der Waals surface area contributed by atoms with E-state index in [0.717, 1.165) is 18.3 Å². The van der Waals surface area contributed by atoms with Crippen molar-refractivity contribution in [2.75, 3.05) is 13.6 Å². The predicted molar refractivity (Wildman–Crippen MR) is 66.7 cm³/mol. The zero-order chi connectivity index (χ0) is 10.9.